The Labute approximate surface area is 239 Å². The first-order valence-electron chi connectivity index (χ1n) is 13.6. The minimum atomic E-state index is -2.62. The number of aromatic nitrogens is 1. The molecular weight excluding hydrogens is 531 g/mol. The fraction of sp³-hybridized carbons (Fsp3) is 0.464. The summed E-state index contributed by atoms with van der Waals surface area (Å²) in [5, 5.41) is 16.0. The average Bonchev–Trinajstić information content (AvgIpc) is 3.40. The molecule has 0 saturated carbocycles. The van der Waals surface area contributed by atoms with Crippen LogP contribution in [0.5, 0.6) is 0 Å². The van der Waals surface area contributed by atoms with Gasteiger partial charge in [0.25, 0.3) is 11.9 Å². The topological polar surface area (TPSA) is 153 Å². The van der Waals surface area contributed by atoms with Gasteiger partial charge in [0.05, 0.1) is 18.9 Å². The van der Waals surface area contributed by atoms with Crippen LogP contribution in [-0.4, -0.2) is 96.4 Å². The maximum atomic E-state index is 13.6. The lowest BCUT2D eigenvalue weighted by atomic mass is 9.56. The van der Waals surface area contributed by atoms with Gasteiger partial charge in [0.1, 0.15) is 11.7 Å². The van der Waals surface area contributed by atoms with E-state index in [1.54, 1.807) is 26.2 Å². The molecule has 2 saturated heterocycles. The van der Waals surface area contributed by atoms with Crippen molar-refractivity contribution in [1.82, 2.24) is 15.6 Å². The summed E-state index contributed by atoms with van der Waals surface area (Å²) in [5.74, 6) is -3.56. The lowest BCUT2D eigenvalue weighted by Gasteiger charge is -2.53. The first-order valence-corrected chi connectivity index (χ1v) is 13.6. The lowest BCUT2D eigenvalue weighted by molar-refractivity contribution is -0.815. The number of fused-ring (bicyclic) bond motifs is 2. The molecule has 1 aromatic heterocycles. The van der Waals surface area contributed by atoms with Crippen molar-refractivity contribution < 1.29 is 42.7 Å². The van der Waals surface area contributed by atoms with E-state index in [-0.39, 0.29) is 16.0 Å². The molecule has 2 fully saturated rings. The molecule has 2 amide bonds. The van der Waals surface area contributed by atoms with E-state index in [1.807, 2.05) is 44.2 Å². The van der Waals surface area contributed by atoms with Crippen molar-refractivity contribution in [1.29, 1.82) is 0 Å². The van der Waals surface area contributed by atoms with Crippen LogP contribution in [0.2, 0.25) is 0 Å². The van der Waals surface area contributed by atoms with Crippen LogP contribution >= 0.6 is 0 Å². The zero-order valence-electron chi connectivity index (χ0n) is 24.1. The van der Waals surface area contributed by atoms with Crippen LogP contribution in [0.3, 0.4) is 0 Å². The maximum Gasteiger partial charge on any atom is 0.550 e. The summed E-state index contributed by atoms with van der Waals surface area (Å²) >= 11 is 0. The molecule has 0 aliphatic carbocycles. The Morgan fingerprint density at radius 1 is 1.07 bits per heavy atom. The Morgan fingerprint density at radius 2 is 1.76 bits per heavy atom. The van der Waals surface area contributed by atoms with Gasteiger partial charge in [0.15, 0.2) is 12.1 Å². The number of likely N-dealkylation sites (N-methyl/N-ethyl adjacent to an activating group) is 1. The van der Waals surface area contributed by atoms with Crippen molar-refractivity contribution in [3.8, 4) is 11.3 Å². The molecule has 41 heavy (non-hydrogen) atoms. The van der Waals surface area contributed by atoms with Crippen molar-refractivity contribution >= 4 is 30.4 Å². The van der Waals surface area contributed by atoms with Gasteiger partial charge < -0.3 is 34.2 Å². The van der Waals surface area contributed by atoms with Gasteiger partial charge in [-0.2, -0.15) is 0 Å². The molecule has 1 aromatic carbocycles. The van der Waals surface area contributed by atoms with E-state index in [0.717, 1.165) is 5.56 Å². The number of hydrogen-bond acceptors (Lipinski definition) is 9. The molecule has 220 valence electrons. The molecule has 2 aromatic rings. The summed E-state index contributed by atoms with van der Waals surface area (Å²) in [7, 11) is 4.60. The number of pyridine rings is 1. The van der Waals surface area contributed by atoms with Gasteiger partial charge in [0.2, 0.25) is 5.91 Å². The van der Waals surface area contributed by atoms with Crippen LogP contribution in [0.1, 0.15) is 37.7 Å². The van der Waals surface area contributed by atoms with Gasteiger partial charge in [-0.15, -0.1) is 0 Å². The van der Waals surface area contributed by atoms with E-state index in [1.165, 1.54) is 20.1 Å². The standard InChI is InChI=1S/C28H37BN4O8/c1-16(2)15-21(29-33(4,5)23(27(37)39-6)24(40-29)28(38)41-29)31-26(36)22(17(3)34)32-25(35)20-14-10-13-19(30-20)18-11-8-7-9-12-18/h7-14,16-17,21-24,34H,15H2,1-6H3,(H,31,36)(H,32,35)/t17-,21+,22+,23-,24-,29?/m1/s1. The summed E-state index contributed by atoms with van der Waals surface area (Å²) in [6.07, 6.45) is -2.14. The van der Waals surface area contributed by atoms with Crippen molar-refractivity contribution in [3.63, 3.8) is 0 Å². The Balaban J connectivity index is 1.59. The van der Waals surface area contributed by atoms with E-state index < -0.39 is 60.7 Å². The third-order valence-electron chi connectivity index (χ3n) is 7.90. The van der Waals surface area contributed by atoms with Gasteiger partial charge in [0, 0.05) is 25.6 Å². The lowest BCUT2D eigenvalue weighted by Crippen LogP contribution is -2.78. The first-order chi connectivity index (χ1) is 19.3. The monoisotopic (exact) mass is 568 g/mol. The van der Waals surface area contributed by atoms with Crippen LogP contribution < -0.4 is 10.6 Å². The quantitative estimate of drug-likeness (QED) is 0.279. The molecule has 4 rings (SSSR count). The number of nitrogens with zero attached hydrogens (tertiary/aromatic N) is 2. The Bertz CT molecular complexity index is 1320. The second-order valence-corrected chi connectivity index (χ2v) is 11.5. The predicted octanol–water partition coefficient (Wildman–Crippen LogP) is 0.810. The van der Waals surface area contributed by atoms with Crippen molar-refractivity contribution in [2.24, 2.45) is 5.92 Å². The van der Waals surface area contributed by atoms with E-state index in [2.05, 4.69) is 15.6 Å². The third kappa shape index (κ3) is 5.57. The highest BCUT2D eigenvalue weighted by molar-refractivity contribution is 6.66. The van der Waals surface area contributed by atoms with Crippen LogP contribution in [-0.2, 0) is 28.4 Å². The largest absolute Gasteiger partial charge is 0.612 e. The van der Waals surface area contributed by atoms with Gasteiger partial charge in [-0.1, -0.05) is 56.7 Å². The average molecular weight is 568 g/mol. The number of amides is 2. The Kier molecular flexibility index (Phi) is 8.53. The van der Waals surface area contributed by atoms with E-state index in [4.69, 9.17) is 14.0 Å². The number of aliphatic hydroxyl groups is 1. The van der Waals surface area contributed by atoms with Gasteiger partial charge >= 0.3 is 12.7 Å². The van der Waals surface area contributed by atoms with Crippen molar-refractivity contribution in [3.05, 3.63) is 54.2 Å². The molecule has 1 unspecified atom stereocenters. The van der Waals surface area contributed by atoms with E-state index >= 15 is 0 Å². The number of quaternary nitrogens is 1. The Morgan fingerprint density at radius 3 is 2.37 bits per heavy atom. The number of aliphatic hydroxyl groups excluding tert-OH is 1. The molecule has 2 bridgehead atoms. The summed E-state index contributed by atoms with van der Waals surface area (Å²) in [4.78, 5) is 56.6. The number of benzene rings is 1. The SMILES string of the molecule is COC(=O)[C@H]1[C@H]2O[B-]([C@H](CC(C)C)NC(=O)[C@@H](NC(=O)c3cccc(-c4ccccc4)n3)[C@@H](C)O)(OC2=O)[N+]1(C)C. The summed E-state index contributed by atoms with van der Waals surface area (Å²) < 4.78 is 16.7. The molecule has 0 spiro atoms. The molecule has 13 heteroatoms. The highest BCUT2D eigenvalue weighted by Crippen LogP contribution is 2.44. The first kappa shape index (κ1) is 30.2. The van der Waals surface area contributed by atoms with Crippen LogP contribution in [0.15, 0.2) is 48.5 Å². The van der Waals surface area contributed by atoms with Crippen molar-refractivity contribution in [2.75, 3.05) is 21.2 Å². The zero-order chi connectivity index (χ0) is 30.1. The molecule has 2 aliphatic heterocycles. The normalized spacial score (nSPS) is 24.7. The third-order valence-corrected chi connectivity index (χ3v) is 7.90. The smallest absolute Gasteiger partial charge is 0.550 e. The number of rotatable bonds is 10. The second-order valence-electron chi connectivity index (χ2n) is 11.5. The molecule has 6 atom stereocenters. The van der Waals surface area contributed by atoms with Gasteiger partial charge in [-0.25, -0.2) is 9.78 Å². The summed E-state index contributed by atoms with van der Waals surface area (Å²) in [6, 6.07) is 11.9. The molecule has 12 nitrogen and oxygen atoms in total. The van der Waals surface area contributed by atoms with Crippen molar-refractivity contribution in [2.45, 2.75) is 57.4 Å². The second kappa shape index (κ2) is 11.6. The van der Waals surface area contributed by atoms with E-state index in [0.29, 0.717) is 12.1 Å². The zero-order valence-corrected chi connectivity index (χ0v) is 24.1. The summed E-state index contributed by atoms with van der Waals surface area (Å²) in [5.41, 5.74) is 1.46. The van der Waals surface area contributed by atoms with Crippen LogP contribution in [0.25, 0.3) is 11.3 Å². The number of nitrogens with one attached hydrogen (secondary N) is 2. The molecule has 0 radical (unpaired) electrons. The number of hydrogen-bond donors (Lipinski definition) is 3. The number of ether oxygens (including phenoxy) is 1. The van der Waals surface area contributed by atoms with Crippen LogP contribution in [0.4, 0.5) is 0 Å². The minimum Gasteiger partial charge on any atom is -0.612 e. The van der Waals surface area contributed by atoms with Crippen LogP contribution in [0, 0.1) is 5.92 Å². The molecule has 3 heterocycles. The number of carbonyl (C=O) groups is 4. The number of esters is 1. The molecule has 2 aliphatic rings. The minimum absolute atomic E-state index is 0.0135. The van der Waals surface area contributed by atoms with E-state index in [9.17, 15) is 24.3 Å². The Hall–Kier alpha value is -3.81. The number of methoxy groups -OCH3 is 1. The molecular formula is C28H37BN4O8. The maximum absolute atomic E-state index is 13.6. The fourth-order valence-electron chi connectivity index (χ4n) is 5.82. The highest BCUT2D eigenvalue weighted by Gasteiger charge is 2.74. The summed E-state index contributed by atoms with van der Waals surface area (Å²) in [6.45, 7) is 2.60. The fourth-order valence-corrected chi connectivity index (χ4v) is 5.82. The van der Waals surface area contributed by atoms with Gasteiger partial charge in [-0.05, 0) is 25.0 Å². The highest BCUT2D eigenvalue weighted by atomic mass is 16.7. The number of carbonyl (C=O) groups excluding carboxylic acids is 4. The van der Waals surface area contributed by atoms with Gasteiger partial charge in [-0.3, -0.25) is 14.4 Å². The molecule has 3 N–H and O–H groups in total. The predicted molar refractivity (Wildman–Crippen MR) is 149 cm³/mol.